The fourth-order valence-corrected chi connectivity index (χ4v) is 1.83. The second kappa shape index (κ2) is 5.97. The molecule has 0 aromatic carbocycles. The monoisotopic (exact) mass is 222 g/mol. The van der Waals surface area contributed by atoms with Crippen LogP contribution in [0, 0.1) is 0 Å². The van der Waals surface area contributed by atoms with E-state index in [-0.39, 0.29) is 18.2 Å². The maximum atomic E-state index is 9.06. The highest BCUT2D eigenvalue weighted by atomic mass is 16.3. The van der Waals surface area contributed by atoms with Crippen LogP contribution < -0.4 is 5.32 Å². The van der Waals surface area contributed by atoms with Crippen molar-refractivity contribution in [2.75, 3.05) is 6.61 Å². The van der Waals surface area contributed by atoms with Crippen LogP contribution in [0.1, 0.15) is 45.3 Å². The Morgan fingerprint density at radius 1 is 1.50 bits per heavy atom. The number of hydrogen-bond donors (Lipinski definition) is 2. The van der Waals surface area contributed by atoms with Gasteiger partial charge in [-0.05, 0) is 38.8 Å². The molecule has 0 saturated heterocycles. The van der Waals surface area contributed by atoms with Crippen molar-refractivity contribution in [2.24, 2.45) is 0 Å². The molecule has 1 aromatic rings. The third kappa shape index (κ3) is 3.58. The summed E-state index contributed by atoms with van der Waals surface area (Å²) in [6, 6.07) is 6.14. The van der Waals surface area contributed by atoms with E-state index in [0.717, 1.165) is 18.5 Å². The standard InChI is InChI=1S/C13H22N2O/c1-4-13(3,8-10-16)15-11(2)12-7-5-6-9-14-12/h5-7,9,11,15-16H,4,8,10H2,1-3H3. The molecule has 0 aliphatic heterocycles. The summed E-state index contributed by atoms with van der Waals surface area (Å²) in [5.41, 5.74) is 1.02. The maximum Gasteiger partial charge on any atom is 0.0570 e. The first-order valence-electron chi connectivity index (χ1n) is 5.91. The Morgan fingerprint density at radius 2 is 2.25 bits per heavy atom. The molecule has 0 aliphatic rings. The summed E-state index contributed by atoms with van der Waals surface area (Å²) in [5.74, 6) is 0. The minimum absolute atomic E-state index is 0.0221. The smallest absolute Gasteiger partial charge is 0.0570 e. The molecule has 0 amide bonds. The molecule has 90 valence electrons. The quantitative estimate of drug-likeness (QED) is 0.776. The normalized spacial score (nSPS) is 16.8. The second-order valence-corrected chi connectivity index (χ2v) is 4.51. The molecule has 3 nitrogen and oxygen atoms in total. The molecule has 0 fully saturated rings. The van der Waals surface area contributed by atoms with E-state index in [4.69, 9.17) is 5.11 Å². The van der Waals surface area contributed by atoms with Crippen LogP contribution in [0.3, 0.4) is 0 Å². The highest BCUT2D eigenvalue weighted by Crippen LogP contribution is 2.19. The zero-order valence-corrected chi connectivity index (χ0v) is 10.4. The van der Waals surface area contributed by atoms with Crippen LogP contribution in [0.4, 0.5) is 0 Å². The summed E-state index contributed by atoms with van der Waals surface area (Å²) in [5, 5.41) is 12.6. The summed E-state index contributed by atoms with van der Waals surface area (Å²) in [4.78, 5) is 4.33. The zero-order chi connectivity index (χ0) is 12.0. The summed E-state index contributed by atoms with van der Waals surface area (Å²) in [7, 11) is 0. The lowest BCUT2D eigenvalue weighted by atomic mass is 9.93. The molecule has 2 atom stereocenters. The predicted molar refractivity (Wildman–Crippen MR) is 66.2 cm³/mol. The van der Waals surface area contributed by atoms with E-state index < -0.39 is 0 Å². The molecular weight excluding hydrogens is 200 g/mol. The Balaban J connectivity index is 2.65. The number of nitrogens with one attached hydrogen (secondary N) is 1. The fourth-order valence-electron chi connectivity index (χ4n) is 1.83. The van der Waals surface area contributed by atoms with Crippen LogP contribution in [0.2, 0.25) is 0 Å². The van der Waals surface area contributed by atoms with Crippen LogP contribution >= 0.6 is 0 Å². The lowest BCUT2D eigenvalue weighted by Crippen LogP contribution is -2.44. The third-order valence-electron chi connectivity index (χ3n) is 3.14. The van der Waals surface area contributed by atoms with Crippen molar-refractivity contribution >= 4 is 0 Å². The van der Waals surface area contributed by atoms with E-state index in [1.54, 1.807) is 0 Å². The van der Waals surface area contributed by atoms with Gasteiger partial charge >= 0.3 is 0 Å². The molecule has 0 radical (unpaired) electrons. The van der Waals surface area contributed by atoms with Gasteiger partial charge in [-0.2, -0.15) is 0 Å². The molecule has 2 N–H and O–H groups in total. The Hall–Kier alpha value is -0.930. The zero-order valence-electron chi connectivity index (χ0n) is 10.4. The molecule has 3 heteroatoms. The van der Waals surface area contributed by atoms with Gasteiger partial charge in [-0.1, -0.05) is 13.0 Å². The fraction of sp³-hybridized carbons (Fsp3) is 0.615. The van der Waals surface area contributed by atoms with E-state index in [9.17, 15) is 0 Å². The number of hydrogen-bond acceptors (Lipinski definition) is 3. The average Bonchev–Trinajstić information content (AvgIpc) is 2.30. The van der Waals surface area contributed by atoms with Gasteiger partial charge in [-0.3, -0.25) is 4.98 Å². The number of nitrogens with zero attached hydrogens (tertiary/aromatic N) is 1. The highest BCUT2D eigenvalue weighted by Gasteiger charge is 2.23. The van der Waals surface area contributed by atoms with Gasteiger partial charge in [0.05, 0.1) is 5.69 Å². The molecular formula is C13H22N2O. The molecule has 1 heterocycles. The molecule has 1 aromatic heterocycles. The Morgan fingerprint density at radius 3 is 2.75 bits per heavy atom. The molecule has 0 spiro atoms. The summed E-state index contributed by atoms with van der Waals surface area (Å²) in [6.45, 7) is 6.59. The van der Waals surface area contributed by atoms with Gasteiger partial charge in [0.25, 0.3) is 0 Å². The number of aromatic nitrogens is 1. The number of pyridine rings is 1. The number of aliphatic hydroxyl groups is 1. The van der Waals surface area contributed by atoms with E-state index in [0.29, 0.717) is 0 Å². The first-order chi connectivity index (χ1) is 7.61. The topological polar surface area (TPSA) is 45.1 Å². The minimum Gasteiger partial charge on any atom is -0.396 e. The third-order valence-corrected chi connectivity index (χ3v) is 3.14. The molecule has 0 saturated carbocycles. The molecule has 0 aliphatic carbocycles. The largest absolute Gasteiger partial charge is 0.396 e. The summed E-state index contributed by atoms with van der Waals surface area (Å²) >= 11 is 0. The van der Waals surface area contributed by atoms with Crippen molar-refractivity contribution < 1.29 is 5.11 Å². The van der Waals surface area contributed by atoms with Crippen molar-refractivity contribution in [1.29, 1.82) is 0 Å². The van der Waals surface area contributed by atoms with Gasteiger partial charge in [0, 0.05) is 24.4 Å². The van der Waals surface area contributed by atoms with Gasteiger partial charge in [-0.15, -0.1) is 0 Å². The van der Waals surface area contributed by atoms with Crippen molar-refractivity contribution in [2.45, 2.75) is 45.2 Å². The molecule has 1 rings (SSSR count). The van der Waals surface area contributed by atoms with Gasteiger partial charge in [0.1, 0.15) is 0 Å². The van der Waals surface area contributed by atoms with Crippen molar-refractivity contribution in [3.63, 3.8) is 0 Å². The second-order valence-electron chi connectivity index (χ2n) is 4.51. The maximum absolute atomic E-state index is 9.06. The minimum atomic E-state index is -0.0221. The van der Waals surface area contributed by atoms with Crippen LogP contribution in [0.5, 0.6) is 0 Å². The Bertz CT molecular complexity index is 302. The highest BCUT2D eigenvalue weighted by molar-refractivity contribution is 5.08. The molecule has 0 bridgehead atoms. The summed E-state index contributed by atoms with van der Waals surface area (Å²) in [6.07, 6.45) is 3.56. The molecule has 16 heavy (non-hydrogen) atoms. The van der Waals surface area contributed by atoms with Crippen LogP contribution in [0.25, 0.3) is 0 Å². The molecule has 2 unspecified atom stereocenters. The first kappa shape index (κ1) is 13.1. The van der Waals surface area contributed by atoms with E-state index in [2.05, 4.69) is 31.1 Å². The van der Waals surface area contributed by atoms with Gasteiger partial charge in [0.15, 0.2) is 0 Å². The Kier molecular flexibility index (Phi) is 4.90. The predicted octanol–water partition coefficient (Wildman–Crippen LogP) is 2.28. The first-order valence-corrected chi connectivity index (χ1v) is 5.91. The van der Waals surface area contributed by atoms with E-state index >= 15 is 0 Å². The van der Waals surface area contributed by atoms with Crippen molar-refractivity contribution in [1.82, 2.24) is 10.3 Å². The van der Waals surface area contributed by atoms with E-state index in [1.807, 2.05) is 24.4 Å². The van der Waals surface area contributed by atoms with Gasteiger partial charge in [-0.25, -0.2) is 0 Å². The van der Waals surface area contributed by atoms with Gasteiger partial charge < -0.3 is 10.4 Å². The van der Waals surface area contributed by atoms with Gasteiger partial charge in [0.2, 0.25) is 0 Å². The average molecular weight is 222 g/mol. The SMILES string of the molecule is CCC(C)(CCO)NC(C)c1ccccn1. The van der Waals surface area contributed by atoms with Crippen LogP contribution in [-0.2, 0) is 0 Å². The number of aliphatic hydroxyl groups excluding tert-OH is 1. The number of rotatable bonds is 6. The van der Waals surface area contributed by atoms with Crippen LogP contribution in [-0.4, -0.2) is 22.2 Å². The lowest BCUT2D eigenvalue weighted by Gasteiger charge is -2.32. The van der Waals surface area contributed by atoms with Crippen molar-refractivity contribution in [3.05, 3.63) is 30.1 Å². The lowest BCUT2D eigenvalue weighted by molar-refractivity contribution is 0.204. The summed E-state index contributed by atoms with van der Waals surface area (Å²) < 4.78 is 0. The van der Waals surface area contributed by atoms with Crippen LogP contribution in [0.15, 0.2) is 24.4 Å². The van der Waals surface area contributed by atoms with Crippen molar-refractivity contribution in [3.8, 4) is 0 Å². The Labute approximate surface area is 97.9 Å². The van der Waals surface area contributed by atoms with E-state index in [1.165, 1.54) is 0 Å².